The average molecular weight is 299 g/mol. The third kappa shape index (κ3) is 1.68. The Kier molecular flexibility index (Phi) is 2.83. The number of hydrogen-bond acceptors (Lipinski definition) is 3. The minimum absolute atomic E-state index is 0.000237. The molecule has 0 saturated heterocycles. The number of hydrazone groups is 1. The number of aromatic nitrogens is 1. The second-order valence-electron chi connectivity index (χ2n) is 7.10. The first-order valence-electron chi connectivity index (χ1n) is 8.06. The number of Topliss-reactive ketones (excluding diaryl/α,β-unsaturated/α-hetero) is 1. The summed E-state index contributed by atoms with van der Waals surface area (Å²) in [6.45, 7) is 3.97. The van der Waals surface area contributed by atoms with Gasteiger partial charge in [-0.3, -0.25) is 9.59 Å². The van der Waals surface area contributed by atoms with E-state index in [4.69, 9.17) is 0 Å². The van der Waals surface area contributed by atoms with Gasteiger partial charge in [-0.2, -0.15) is 5.10 Å². The maximum Gasteiger partial charge on any atom is 0.255 e. The molecule has 4 atom stereocenters. The second kappa shape index (κ2) is 4.54. The molecule has 4 rings (SSSR count). The normalized spacial score (nSPS) is 36.5. The summed E-state index contributed by atoms with van der Waals surface area (Å²) in [7, 11) is 0. The van der Waals surface area contributed by atoms with Crippen molar-refractivity contribution in [2.45, 2.75) is 33.1 Å². The van der Waals surface area contributed by atoms with Gasteiger partial charge in [-0.15, -0.1) is 0 Å². The van der Waals surface area contributed by atoms with E-state index >= 15 is 0 Å². The first kappa shape index (κ1) is 13.7. The molecule has 116 valence electrons. The summed E-state index contributed by atoms with van der Waals surface area (Å²) in [5.74, 6) is 1.83. The van der Waals surface area contributed by atoms with Gasteiger partial charge < -0.3 is 4.98 Å². The van der Waals surface area contributed by atoms with Crippen LogP contribution in [0.2, 0.25) is 0 Å². The van der Waals surface area contributed by atoms with Crippen molar-refractivity contribution < 1.29 is 9.59 Å². The summed E-state index contributed by atoms with van der Waals surface area (Å²) >= 11 is 0. The highest BCUT2D eigenvalue weighted by Crippen LogP contribution is 2.61. The van der Waals surface area contributed by atoms with Gasteiger partial charge in [-0.25, -0.2) is 5.01 Å². The standard InChI is InChI=1S/C17H21N3O2/c1-10-17(2,13-8-11-5-6-12(11)13)16(22)20(19-10)9-15(21)14-4-3-7-18-14/h3-4,7,11-13,18H,5-6,8-9H2,1-2H3/t11?,12-,13+,17?/m1/s1. The van der Waals surface area contributed by atoms with E-state index < -0.39 is 5.41 Å². The zero-order valence-electron chi connectivity index (χ0n) is 13.0. The van der Waals surface area contributed by atoms with Gasteiger partial charge in [0.05, 0.1) is 16.8 Å². The number of rotatable bonds is 4. The van der Waals surface area contributed by atoms with E-state index in [2.05, 4.69) is 10.1 Å². The summed E-state index contributed by atoms with van der Waals surface area (Å²) in [6.07, 6.45) is 5.41. The number of fused-ring (bicyclic) bond motifs is 1. The smallest absolute Gasteiger partial charge is 0.255 e. The number of hydrogen-bond donors (Lipinski definition) is 1. The van der Waals surface area contributed by atoms with Crippen molar-refractivity contribution in [3.05, 3.63) is 24.0 Å². The van der Waals surface area contributed by atoms with E-state index in [-0.39, 0.29) is 18.2 Å². The monoisotopic (exact) mass is 299 g/mol. The Morgan fingerprint density at radius 1 is 1.50 bits per heavy atom. The molecule has 2 saturated carbocycles. The summed E-state index contributed by atoms with van der Waals surface area (Å²) in [5, 5.41) is 5.80. The summed E-state index contributed by atoms with van der Waals surface area (Å²) < 4.78 is 0. The third-order valence-corrected chi connectivity index (χ3v) is 6.18. The van der Waals surface area contributed by atoms with Crippen molar-refractivity contribution >= 4 is 17.4 Å². The van der Waals surface area contributed by atoms with Gasteiger partial charge in [-0.1, -0.05) is 0 Å². The number of carbonyl (C=O) groups excluding carboxylic acids is 2. The van der Waals surface area contributed by atoms with Crippen LogP contribution in [-0.2, 0) is 4.79 Å². The van der Waals surface area contributed by atoms with Crippen molar-refractivity contribution in [2.24, 2.45) is 28.3 Å². The molecule has 1 aromatic heterocycles. The highest BCUT2D eigenvalue weighted by molar-refractivity contribution is 6.12. The van der Waals surface area contributed by atoms with E-state index in [0.29, 0.717) is 17.5 Å². The largest absolute Gasteiger partial charge is 0.359 e. The van der Waals surface area contributed by atoms with Gasteiger partial charge in [0.2, 0.25) is 5.78 Å². The Labute approximate surface area is 129 Å². The lowest BCUT2D eigenvalue weighted by Gasteiger charge is -2.58. The van der Waals surface area contributed by atoms with Crippen molar-refractivity contribution in [1.29, 1.82) is 0 Å². The van der Waals surface area contributed by atoms with Crippen LogP contribution in [-0.4, -0.2) is 33.9 Å². The minimum Gasteiger partial charge on any atom is -0.359 e. The lowest BCUT2D eigenvalue weighted by atomic mass is 9.46. The molecule has 1 aliphatic heterocycles. The summed E-state index contributed by atoms with van der Waals surface area (Å²) in [5.41, 5.74) is 0.890. The molecule has 0 radical (unpaired) electrons. The minimum atomic E-state index is -0.502. The number of amides is 1. The van der Waals surface area contributed by atoms with E-state index in [1.165, 1.54) is 17.9 Å². The van der Waals surface area contributed by atoms with Crippen molar-refractivity contribution in [3.63, 3.8) is 0 Å². The molecule has 1 aromatic rings. The van der Waals surface area contributed by atoms with E-state index in [1.54, 1.807) is 18.3 Å². The van der Waals surface area contributed by atoms with E-state index in [1.807, 2.05) is 13.8 Å². The number of aromatic amines is 1. The van der Waals surface area contributed by atoms with Crippen LogP contribution in [0.1, 0.15) is 43.6 Å². The maximum atomic E-state index is 12.9. The molecular weight excluding hydrogens is 278 g/mol. The Hall–Kier alpha value is -1.91. The van der Waals surface area contributed by atoms with Gasteiger partial charge in [0.15, 0.2) is 0 Å². The topological polar surface area (TPSA) is 65.5 Å². The van der Waals surface area contributed by atoms with Crippen LogP contribution in [0, 0.1) is 23.2 Å². The van der Waals surface area contributed by atoms with Crippen LogP contribution >= 0.6 is 0 Å². The number of nitrogens with zero attached hydrogens (tertiary/aromatic N) is 2. The van der Waals surface area contributed by atoms with Gasteiger partial charge >= 0.3 is 0 Å². The van der Waals surface area contributed by atoms with Crippen molar-refractivity contribution in [3.8, 4) is 0 Å². The highest BCUT2D eigenvalue weighted by Gasteiger charge is 2.61. The predicted molar refractivity (Wildman–Crippen MR) is 82.4 cm³/mol. The summed E-state index contributed by atoms with van der Waals surface area (Å²) in [4.78, 5) is 28.0. The first-order chi connectivity index (χ1) is 10.5. The molecule has 2 heterocycles. The van der Waals surface area contributed by atoms with Crippen LogP contribution < -0.4 is 0 Å². The molecule has 2 aliphatic carbocycles. The Balaban J connectivity index is 1.52. The first-order valence-corrected chi connectivity index (χ1v) is 8.06. The Morgan fingerprint density at radius 2 is 2.32 bits per heavy atom. The number of carbonyl (C=O) groups is 2. The third-order valence-electron chi connectivity index (χ3n) is 6.18. The van der Waals surface area contributed by atoms with Gasteiger partial charge in [-0.05, 0) is 63.0 Å². The van der Waals surface area contributed by atoms with Gasteiger partial charge in [0, 0.05) is 6.20 Å². The van der Waals surface area contributed by atoms with Crippen LogP contribution in [0.15, 0.2) is 23.4 Å². The molecule has 0 aromatic carbocycles. The fraction of sp³-hybridized carbons (Fsp3) is 0.588. The summed E-state index contributed by atoms with van der Waals surface area (Å²) in [6, 6.07) is 3.51. The van der Waals surface area contributed by atoms with Crippen LogP contribution in [0.4, 0.5) is 0 Å². The zero-order valence-corrected chi connectivity index (χ0v) is 13.0. The molecule has 1 amide bonds. The van der Waals surface area contributed by atoms with Crippen molar-refractivity contribution in [1.82, 2.24) is 9.99 Å². The number of H-pyrrole nitrogens is 1. The molecule has 2 fully saturated rings. The lowest BCUT2D eigenvalue weighted by Crippen LogP contribution is -2.56. The van der Waals surface area contributed by atoms with Crippen LogP contribution in [0.3, 0.4) is 0 Å². The molecule has 1 N–H and O–H groups in total. The van der Waals surface area contributed by atoms with Crippen molar-refractivity contribution in [2.75, 3.05) is 6.54 Å². The molecular formula is C17H21N3O2. The van der Waals surface area contributed by atoms with Crippen LogP contribution in [0.5, 0.6) is 0 Å². The van der Waals surface area contributed by atoms with Gasteiger partial charge in [0.25, 0.3) is 5.91 Å². The quantitative estimate of drug-likeness (QED) is 0.868. The fourth-order valence-corrected chi connectivity index (χ4v) is 4.40. The number of ketones is 1. The van der Waals surface area contributed by atoms with Crippen LogP contribution in [0.25, 0.3) is 0 Å². The maximum absolute atomic E-state index is 12.9. The van der Waals surface area contributed by atoms with E-state index in [0.717, 1.165) is 18.1 Å². The molecule has 22 heavy (non-hydrogen) atoms. The predicted octanol–water partition coefficient (Wildman–Crippen LogP) is 2.47. The molecule has 5 nitrogen and oxygen atoms in total. The Bertz CT molecular complexity index is 663. The fourth-order valence-electron chi connectivity index (χ4n) is 4.40. The average Bonchev–Trinajstić information content (AvgIpc) is 3.07. The molecule has 5 heteroatoms. The molecule has 0 spiro atoms. The Morgan fingerprint density at radius 3 is 2.86 bits per heavy atom. The van der Waals surface area contributed by atoms with Gasteiger partial charge in [0.1, 0.15) is 6.54 Å². The highest BCUT2D eigenvalue weighted by atomic mass is 16.2. The van der Waals surface area contributed by atoms with E-state index in [9.17, 15) is 9.59 Å². The SMILES string of the molecule is CC1=NN(CC(=O)c2ccc[nH]2)C(=O)C1(C)[C@H]1CC2CC[C@H]21. The molecule has 0 bridgehead atoms. The second-order valence-corrected chi connectivity index (χ2v) is 7.10. The zero-order chi connectivity index (χ0) is 15.5. The lowest BCUT2D eigenvalue weighted by molar-refractivity contribution is -0.147. The molecule has 3 aliphatic rings. The number of nitrogens with one attached hydrogen (secondary N) is 1. The molecule has 2 unspecified atom stereocenters.